The Hall–Kier alpha value is -4.59. The standard InChI is InChI=1S/C34H44N8O4S/c1-7-9-14-30-37-22(4)31(33(43)38-29(35)19-41(6)36)34(44)42(30)18-24-15-16-26(25(17-24)20-45-8-2)27-12-10-11-13-28(27)47-40-32-21(3)23(5)46-39-32/h10-13,15-17,19H,7-9,14,18,20,35-36H2,1-6H3,(H,38,43)(H,39,40)/b29-19+. The summed E-state index contributed by atoms with van der Waals surface area (Å²) in [6, 6.07) is 14.2. The van der Waals surface area contributed by atoms with Crippen LogP contribution >= 0.6 is 11.9 Å². The molecule has 12 nitrogen and oxygen atoms in total. The second-order valence-electron chi connectivity index (χ2n) is 11.2. The molecule has 2 aromatic heterocycles. The van der Waals surface area contributed by atoms with Gasteiger partial charge >= 0.3 is 0 Å². The average molecular weight is 661 g/mol. The van der Waals surface area contributed by atoms with Crippen molar-refractivity contribution in [1.82, 2.24) is 25.0 Å². The molecular weight excluding hydrogens is 616 g/mol. The number of nitrogens with two attached hydrogens (primary N) is 2. The van der Waals surface area contributed by atoms with Gasteiger partial charge in [-0.15, -0.1) is 0 Å². The summed E-state index contributed by atoms with van der Waals surface area (Å²) in [5, 5.41) is 7.88. The van der Waals surface area contributed by atoms with E-state index in [0.717, 1.165) is 51.3 Å². The van der Waals surface area contributed by atoms with Crippen LogP contribution in [0.4, 0.5) is 5.82 Å². The number of hydrogen-bond donors (Lipinski definition) is 4. The zero-order chi connectivity index (χ0) is 34.1. The van der Waals surface area contributed by atoms with E-state index in [1.807, 2.05) is 45.0 Å². The molecule has 0 aliphatic carbocycles. The van der Waals surface area contributed by atoms with E-state index in [1.165, 1.54) is 23.2 Å². The molecule has 0 radical (unpaired) electrons. The number of unbranched alkanes of at least 4 members (excludes halogenated alkanes) is 1. The van der Waals surface area contributed by atoms with E-state index in [4.69, 9.17) is 25.8 Å². The molecule has 0 spiro atoms. The number of carbonyl (C=O) groups excluding carboxylic acids is 1. The Balaban J connectivity index is 1.72. The van der Waals surface area contributed by atoms with Crippen LogP contribution in [0.15, 0.2) is 68.7 Å². The number of hydrogen-bond acceptors (Lipinski definition) is 11. The lowest BCUT2D eigenvalue weighted by Gasteiger charge is -2.18. The Morgan fingerprint density at radius 1 is 1.15 bits per heavy atom. The number of aromatic nitrogens is 3. The number of aryl methyl sites for hydroxylation is 3. The van der Waals surface area contributed by atoms with Crippen LogP contribution in [0, 0.1) is 20.8 Å². The van der Waals surface area contributed by atoms with Crippen LogP contribution in [-0.2, 0) is 24.3 Å². The number of nitrogens with one attached hydrogen (secondary N) is 2. The van der Waals surface area contributed by atoms with Gasteiger partial charge in [0.15, 0.2) is 5.82 Å². The van der Waals surface area contributed by atoms with Crippen molar-refractivity contribution in [1.29, 1.82) is 0 Å². The Kier molecular flexibility index (Phi) is 12.2. The normalized spacial score (nSPS) is 11.5. The zero-order valence-electron chi connectivity index (χ0n) is 27.8. The van der Waals surface area contributed by atoms with Crippen molar-refractivity contribution >= 4 is 23.7 Å². The predicted octanol–water partition coefficient (Wildman–Crippen LogP) is 5.16. The summed E-state index contributed by atoms with van der Waals surface area (Å²) in [6.45, 7) is 10.7. The highest BCUT2D eigenvalue weighted by Gasteiger charge is 2.21. The van der Waals surface area contributed by atoms with Crippen LogP contribution in [0.25, 0.3) is 11.1 Å². The highest BCUT2D eigenvalue weighted by molar-refractivity contribution is 8.00. The van der Waals surface area contributed by atoms with Gasteiger partial charge in [-0.1, -0.05) is 54.9 Å². The van der Waals surface area contributed by atoms with Crippen molar-refractivity contribution in [2.75, 3.05) is 18.4 Å². The minimum absolute atomic E-state index is 0.0106. The maximum Gasteiger partial charge on any atom is 0.266 e. The Morgan fingerprint density at radius 3 is 2.60 bits per heavy atom. The van der Waals surface area contributed by atoms with Crippen molar-refractivity contribution in [3.63, 3.8) is 0 Å². The average Bonchev–Trinajstić information content (AvgIpc) is 3.35. The van der Waals surface area contributed by atoms with Crippen molar-refractivity contribution in [2.45, 2.75) is 71.9 Å². The van der Waals surface area contributed by atoms with Crippen LogP contribution < -0.4 is 27.2 Å². The van der Waals surface area contributed by atoms with Gasteiger partial charge in [0.2, 0.25) is 0 Å². The molecule has 4 rings (SSSR count). The molecule has 0 aliphatic rings. The highest BCUT2D eigenvalue weighted by Crippen LogP contribution is 2.35. The minimum atomic E-state index is -0.641. The number of anilines is 1. The van der Waals surface area contributed by atoms with Crippen molar-refractivity contribution in [3.05, 3.63) is 104 Å². The smallest absolute Gasteiger partial charge is 0.266 e. The van der Waals surface area contributed by atoms with E-state index in [0.29, 0.717) is 37.0 Å². The molecular formula is C34H44N8O4S. The molecule has 0 unspecified atom stereocenters. The Morgan fingerprint density at radius 2 is 1.91 bits per heavy atom. The number of hydrazine groups is 1. The maximum atomic E-state index is 13.9. The van der Waals surface area contributed by atoms with Crippen molar-refractivity contribution < 1.29 is 14.1 Å². The van der Waals surface area contributed by atoms with E-state index in [-0.39, 0.29) is 17.9 Å². The van der Waals surface area contributed by atoms with Gasteiger partial charge < -0.3 is 30.0 Å². The first-order chi connectivity index (χ1) is 22.5. The molecule has 6 N–H and O–H groups in total. The monoisotopic (exact) mass is 660 g/mol. The predicted molar refractivity (Wildman–Crippen MR) is 185 cm³/mol. The van der Waals surface area contributed by atoms with E-state index in [2.05, 4.69) is 40.3 Å². The highest BCUT2D eigenvalue weighted by atomic mass is 32.2. The molecule has 47 heavy (non-hydrogen) atoms. The van der Waals surface area contributed by atoms with Gasteiger partial charge in [-0.2, -0.15) is 0 Å². The topological polar surface area (TPSA) is 167 Å². The Bertz CT molecular complexity index is 1800. The molecule has 13 heteroatoms. The van der Waals surface area contributed by atoms with Crippen LogP contribution in [0.5, 0.6) is 0 Å². The van der Waals surface area contributed by atoms with Crippen LogP contribution in [0.1, 0.15) is 71.0 Å². The van der Waals surface area contributed by atoms with Crippen LogP contribution in [-0.4, -0.2) is 39.3 Å². The fraction of sp³-hybridized carbons (Fsp3) is 0.353. The van der Waals surface area contributed by atoms with Gasteiger partial charge in [0.25, 0.3) is 11.5 Å². The third-order valence-electron chi connectivity index (χ3n) is 7.57. The maximum absolute atomic E-state index is 13.9. The summed E-state index contributed by atoms with van der Waals surface area (Å²) < 4.78 is 16.1. The van der Waals surface area contributed by atoms with Gasteiger partial charge in [0, 0.05) is 30.5 Å². The first-order valence-corrected chi connectivity index (χ1v) is 16.4. The summed E-state index contributed by atoms with van der Waals surface area (Å²) in [6.07, 6.45) is 3.72. The summed E-state index contributed by atoms with van der Waals surface area (Å²) in [7, 11) is 1.57. The molecule has 0 aliphatic heterocycles. The molecule has 2 aromatic carbocycles. The first-order valence-electron chi connectivity index (χ1n) is 15.5. The molecule has 0 bridgehead atoms. The van der Waals surface area contributed by atoms with Gasteiger partial charge in [0.1, 0.15) is 23.0 Å². The molecule has 0 fully saturated rings. The number of carbonyl (C=O) groups is 1. The molecule has 250 valence electrons. The fourth-order valence-electron chi connectivity index (χ4n) is 5.03. The lowest BCUT2D eigenvalue weighted by atomic mass is 9.97. The van der Waals surface area contributed by atoms with E-state index >= 15 is 0 Å². The third kappa shape index (κ3) is 8.82. The number of benzene rings is 2. The summed E-state index contributed by atoms with van der Waals surface area (Å²) in [4.78, 5) is 32.9. The SMILES string of the molecule is CCCCc1nc(C)c(C(=O)N/C(N)=C/N(C)N)c(=O)n1Cc1ccc(-c2ccccc2SNc2noc(C)c2C)c(COCC)c1. The quantitative estimate of drug-likeness (QED) is 0.0755. The molecule has 0 atom stereocenters. The van der Waals surface area contributed by atoms with Crippen LogP contribution in [0.3, 0.4) is 0 Å². The molecule has 0 saturated carbocycles. The first kappa shape index (κ1) is 35.3. The van der Waals surface area contributed by atoms with E-state index < -0.39 is 11.5 Å². The summed E-state index contributed by atoms with van der Waals surface area (Å²) in [5.41, 5.74) is 10.6. The third-order valence-corrected chi connectivity index (χ3v) is 8.45. The number of ether oxygens (including phenoxy) is 1. The van der Waals surface area contributed by atoms with Crippen molar-refractivity contribution in [2.24, 2.45) is 11.6 Å². The summed E-state index contributed by atoms with van der Waals surface area (Å²) in [5.74, 6) is 7.06. The number of nitrogens with zero attached hydrogens (tertiary/aromatic N) is 4. The number of amides is 1. The zero-order valence-corrected chi connectivity index (χ0v) is 28.7. The largest absolute Gasteiger partial charge is 0.384 e. The molecule has 4 aromatic rings. The van der Waals surface area contributed by atoms with Gasteiger partial charge in [-0.3, -0.25) is 14.2 Å². The molecule has 2 heterocycles. The number of rotatable bonds is 15. The van der Waals surface area contributed by atoms with E-state index in [1.54, 1.807) is 18.5 Å². The van der Waals surface area contributed by atoms with Gasteiger partial charge in [0.05, 0.1) is 25.0 Å². The fourth-order valence-corrected chi connectivity index (χ4v) is 5.86. The molecule has 1 amide bonds. The minimum Gasteiger partial charge on any atom is -0.384 e. The summed E-state index contributed by atoms with van der Waals surface area (Å²) >= 11 is 1.46. The van der Waals surface area contributed by atoms with E-state index in [9.17, 15) is 9.59 Å². The second-order valence-corrected chi connectivity index (χ2v) is 12.1. The lowest BCUT2D eigenvalue weighted by molar-refractivity contribution is 0.0961. The van der Waals surface area contributed by atoms with Gasteiger partial charge in [-0.25, -0.2) is 10.8 Å². The Labute approximate surface area is 279 Å². The lowest BCUT2D eigenvalue weighted by Crippen LogP contribution is -2.38. The second kappa shape index (κ2) is 16.3. The molecule has 0 saturated heterocycles. The van der Waals surface area contributed by atoms with Crippen molar-refractivity contribution in [3.8, 4) is 11.1 Å². The van der Waals surface area contributed by atoms with Gasteiger partial charge in [-0.05, 0) is 74.4 Å². The van der Waals surface area contributed by atoms with Crippen LogP contribution in [0.2, 0.25) is 0 Å².